The highest BCUT2D eigenvalue weighted by Gasteiger charge is 2.38. The predicted octanol–water partition coefficient (Wildman–Crippen LogP) is 2.64. The number of ether oxygens (including phenoxy) is 2. The van der Waals surface area contributed by atoms with E-state index in [9.17, 15) is 0 Å². The molecule has 3 heteroatoms. The minimum Gasteiger partial charge on any atom is -0.381 e. The SMILES string of the molecule is CCOC[C@]1(CC)CO[C@@H](CI)C1. The van der Waals surface area contributed by atoms with Gasteiger partial charge in [-0.05, 0) is 19.8 Å². The Balaban J connectivity index is 2.42. The minimum atomic E-state index is 0.311. The Kier molecular flexibility index (Phi) is 4.97. The average Bonchev–Trinajstić information content (AvgIpc) is 2.59. The van der Waals surface area contributed by atoms with Gasteiger partial charge in [0.05, 0.1) is 19.3 Å². The fraction of sp³-hybridized carbons (Fsp3) is 1.00. The summed E-state index contributed by atoms with van der Waals surface area (Å²) in [6.07, 6.45) is 2.80. The maximum absolute atomic E-state index is 5.72. The van der Waals surface area contributed by atoms with E-state index in [4.69, 9.17) is 9.47 Å². The van der Waals surface area contributed by atoms with Gasteiger partial charge in [-0.2, -0.15) is 0 Å². The molecule has 1 saturated heterocycles. The largest absolute Gasteiger partial charge is 0.381 e. The molecule has 1 fully saturated rings. The lowest BCUT2D eigenvalue weighted by molar-refractivity contribution is 0.0346. The molecule has 13 heavy (non-hydrogen) atoms. The Morgan fingerprint density at radius 2 is 2.31 bits per heavy atom. The highest BCUT2D eigenvalue weighted by molar-refractivity contribution is 14.1. The van der Waals surface area contributed by atoms with Crippen molar-refractivity contribution in [3.05, 3.63) is 0 Å². The lowest BCUT2D eigenvalue weighted by atomic mass is 9.84. The molecule has 0 aromatic carbocycles. The molecule has 0 aromatic heterocycles. The summed E-state index contributed by atoms with van der Waals surface area (Å²) in [5.74, 6) is 0. The lowest BCUT2D eigenvalue weighted by Gasteiger charge is -2.25. The first-order valence-electron chi connectivity index (χ1n) is 5.01. The van der Waals surface area contributed by atoms with Crippen molar-refractivity contribution >= 4 is 22.6 Å². The van der Waals surface area contributed by atoms with Crippen molar-refractivity contribution in [3.8, 4) is 0 Å². The zero-order valence-electron chi connectivity index (χ0n) is 8.51. The van der Waals surface area contributed by atoms with Crippen LogP contribution in [0.2, 0.25) is 0 Å². The van der Waals surface area contributed by atoms with E-state index in [0.717, 1.165) is 24.2 Å². The van der Waals surface area contributed by atoms with E-state index in [-0.39, 0.29) is 0 Å². The number of rotatable bonds is 5. The van der Waals surface area contributed by atoms with Crippen LogP contribution in [-0.4, -0.2) is 30.4 Å². The van der Waals surface area contributed by atoms with E-state index < -0.39 is 0 Å². The van der Waals surface area contributed by atoms with E-state index in [1.54, 1.807) is 0 Å². The normalized spacial score (nSPS) is 33.9. The molecule has 1 aliphatic heterocycles. The third kappa shape index (κ3) is 3.06. The first kappa shape index (κ1) is 11.7. The van der Waals surface area contributed by atoms with Crippen molar-refractivity contribution in [1.29, 1.82) is 0 Å². The number of hydrogen-bond donors (Lipinski definition) is 0. The summed E-state index contributed by atoms with van der Waals surface area (Å²) in [5.41, 5.74) is 0.311. The molecule has 0 radical (unpaired) electrons. The van der Waals surface area contributed by atoms with E-state index >= 15 is 0 Å². The molecule has 0 N–H and O–H groups in total. The van der Waals surface area contributed by atoms with Gasteiger partial charge in [-0.15, -0.1) is 0 Å². The second-order valence-corrected chi connectivity index (χ2v) is 4.66. The number of alkyl halides is 1. The fourth-order valence-electron chi connectivity index (χ4n) is 1.76. The van der Waals surface area contributed by atoms with E-state index in [0.29, 0.717) is 11.5 Å². The van der Waals surface area contributed by atoms with Gasteiger partial charge in [-0.25, -0.2) is 0 Å². The highest BCUT2D eigenvalue weighted by Crippen LogP contribution is 2.36. The van der Waals surface area contributed by atoms with Crippen LogP contribution < -0.4 is 0 Å². The molecule has 1 heterocycles. The van der Waals surface area contributed by atoms with Crippen LogP contribution in [0.15, 0.2) is 0 Å². The van der Waals surface area contributed by atoms with E-state index in [1.165, 1.54) is 12.8 Å². The van der Waals surface area contributed by atoms with Crippen molar-refractivity contribution in [2.75, 3.05) is 24.2 Å². The van der Waals surface area contributed by atoms with E-state index in [1.807, 2.05) is 0 Å². The van der Waals surface area contributed by atoms with Gasteiger partial charge in [0.2, 0.25) is 0 Å². The lowest BCUT2D eigenvalue weighted by Crippen LogP contribution is -2.27. The molecule has 2 nitrogen and oxygen atoms in total. The van der Waals surface area contributed by atoms with Crippen molar-refractivity contribution in [1.82, 2.24) is 0 Å². The van der Waals surface area contributed by atoms with Crippen LogP contribution in [0.5, 0.6) is 0 Å². The highest BCUT2D eigenvalue weighted by atomic mass is 127. The Hall–Kier alpha value is 0.650. The summed E-state index contributed by atoms with van der Waals surface area (Å²) >= 11 is 2.39. The molecule has 0 amide bonds. The zero-order valence-corrected chi connectivity index (χ0v) is 10.7. The minimum absolute atomic E-state index is 0.311. The first-order valence-corrected chi connectivity index (χ1v) is 6.54. The first-order chi connectivity index (χ1) is 6.26. The summed E-state index contributed by atoms with van der Waals surface area (Å²) in [4.78, 5) is 0. The maximum atomic E-state index is 5.72. The van der Waals surface area contributed by atoms with Crippen LogP contribution >= 0.6 is 22.6 Å². The summed E-state index contributed by atoms with van der Waals surface area (Å²) in [6, 6.07) is 0. The van der Waals surface area contributed by atoms with Gasteiger partial charge in [-0.1, -0.05) is 29.5 Å². The third-order valence-electron chi connectivity index (χ3n) is 2.82. The Labute approximate surface area is 94.5 Å². The summed E-state index contributed by atoms with van der Waals surface area (Å²) in [6.45, 7) is 6.86. The maximum Gasteiger partial charge on any atom is 0.0671 e. The van der Waals surface area contributed by atoms with Crippen molar-refractivity contribution in [3.63, 3.8) is 0 Å². The van der Waals surface area contributed by atoms with Crippen LogP contribution in [0.3, 0.4) is 0 Å². The molecule has 78 valence electrons. The van der Waals surface area contributed by atoms with Gasteiger partial charge in [0.15, 0.2) is 0 Å². The second-order valence-electron chi connectivity index (χ2n) is 3.78. The molecule has 0 aromatic rings. The molecule has 0 unspecified atom stereocenters. The van der Waals surface area contributed by atoms with Crippen molar-refractivity contribution in [2.45, 2.75) is 32.8 Å². The zero-order chi connectivity index (χ0) is 9.73. The molecule has 0 spiro atoms. The fourth-order valence-corrected chi connectivity index (χ4v) is 2.33. The van der Waals surface area contributed by atoms with Gasteiger partial charge in [-0.3, -0.25) is 0 Å². The number of halogens is 1. The van der Waals surface area contributed by atoms with Gasteiger partial charge in [0, 0.05) is 16.4 Å². The van der Waals surface area contributed by atoms with Gasteiger partial charge >= 0.3 is 0 Å². The molecule has 2 atom stereocenters. The van der Waals surface area contributed by atoms with Crippen LogP contribution in [0.4, 0.5) is 0 Å². The van der Waals surface area contributed by atoms with Crippen LogP contribution in [0.1, 0.15) is 26.7 Å². The summed E-state index contributed by atoms with van der Waals surface area (Å²) in [5, 5.41) is 0. The smallest absolute Gasteiger partial charge is 0.0671 e. The van der Waals surface area contributed by atoms with Gasteiger partial charge in [0.1, 0.15) is 0 Å². The Morgan fingerprint density at radius 3 is 2.77 bits per heavy atom. The van der Waals surface area contributed by atoms with Crippen LogP contribution in [0.25, 0.3) is 0 Å². The van der Waals surface area contributed by atoms with Gasteiger partial charge in [0.25, 0.3) is 0 Å². The Bertz CT molecular complexity index is 152. The predicted molar refractivity (Wildman–Crippen MR) is 62.5 cm³/mol. The average molecular weight is 298 g/mol. The van der Waals surface area contributed by atoms with Crippen molar-refractivity contribution < 1.29 is 9.47 Å². The summed E-state index contributed by atoms with van der Waals surface area (Å²) in [7, 11) is 0. The van der Waals surface area contributed by atoms with Crippen LogP contribution in [-0.2, 0) is 9.47 Å². The van der Waals surface area contributed by atoms with Crippen LogP contribution in [0, 0.1) is 5.41 Å². The second kappa shape index (κ2) is 5.51. The molecule has 0 bridgehead atoms. The molecule has 0 aliphatic carbocycles. The topological polar surface area (TPSA) is 18.5 Å². The Morgan fingerprint density at radius 1 is 1.54 bits per heavy atom. The molecular formula is C10H19IO2. The standard InChI is InChI=1S/C10H19IO2/c1-3-10(7-12-4-2)5-9(6-11)13-8-10/h9H,3-8H2,1-2H3/t9-,10-/m1/s1. The summed E-state index contributed by atoms with van der Waals surface area (Å²) < 4.78 is 12.3. The molecule has 1 rings (SSSR count). The quantitative estimate of drug-likeness (QED) is 0.574. The molecule has 1 aliphatic rings. The number of hydrogen-bond acceptors (Lipinski definition) is 2. The van der Waals surface area contributed by atoms with Gasteiger partial charge < -0.3 is 9.47 Å². The third-order valence-corrected chi connectivity index (χ3v) is 3.80. The molecular weight excluding hydrogens is 279 g/mol. The monoisotopic (exact) mass is 298 g/mol. The van der Waals surface area contributed by atoms with E-state index in [2.05, 4.69) is 36.4 Å². The van der Waals surface area contributed by atoms with Crippen molar-refractivity contribution in [2.24, 2.45) is 5.41 Å². The molecule has 0 saturated carbocycles.